The zero-order valence-corrected chi connectivity index (χ0v) is 11.9. The lowest BCUT2D eigenvalue weighted by atomic mass is 10.2. The summed E-state index contributed by atoms with van der Waals surface area (Å²) in [5.74, 6) is -0.328. The lowest BCUT2D eigenvalue weighted by Gasteiger charge is -2.06. The van der Waals surface area contributed by atoms with E-state index in [9.17, 15) is 4.79 Å². The molecule has 1 N–H and O–H groups in total. The molecule has 2 aromatic heterocycles. The van der Waals surface area contributed by atoms with Gasteiger partial charge < -0.3 is 5.32 Å². The van der Waals surface area contributed by atoms with Crippen molar-refractivity contribution in [1.82, 2.24) is 9.97 Å². The summed E-state index contributed by atoms with van der Waals surface area (Å²) in [6.45, 7) is 0. The summed E-state index contributed by atoms with van der Waals surface area (Å²) >= 11 is 14.8. The molecule has 18 heavy (non-hydrogen) atoms. The first-order chi connectivity index (χ1) is 8.56. The van der Waals surface area contributed by atoms with Crippen LogP contribution in [0.15, 0.2) is 35.1 Å². The number of nitrogens with one attached hydrogen (secondary N) is 1. The summed E-state index contributed by atoms with van der Waals surface area (Å²) in [5.41, 5.74) is 0.826. The third kappa shape index (κ3) is 3.19. The monoisotopic (exact) mass is 345 g/mol. The normalized spacial score (nSPS) is 10.2. The highest BCUT2D eigenvalue weighted by molar-refractivity contribution is 9.10. The van der Waals surface area contributed by atoms with Gasteiger partial charge in [0.25, 0.3) is 5.91 Å². The lowest BCUT2D eigenvalue weighted by molar-refractivity contribution is 0.102. The molecule has 0 aliphatic rings. The molecular formula is C11H6BrCl2N3O. The molecule has 2 heterocycles. The van der Waals surface area contributed by atoms with Gasteiger partial charge in [0.15, 0.2) is 5.15 Å². The van der Waals surface area contributed by atoms with Crippen LogP contribution in [-0.2, 0) is 0 Å². The molecular weight excluding hydrogens is 341 g/mol. The van der Waals surface area contributed by atoms with E-state index in [1.165, 1.54) is 12.3 Å². The van der Waals surface area contributed by atoms with Crippen molar-refractivity contribution in [1.29, 1.82) is 0 Å². The first-order valence-electron chi connectivity index (χ1n) is 4.81. The van der Waals surface area contributed by atoms with Crippen LogP contribution in [0.4, 0.5) is 5.69 Å². The van der Waals surface area contributed by atoms with E-state index in [0.717, 1.165) is 0 Å². The molecule has 0 aliphatic carbocycles. The SMILES string of the molecule is O=C(Nc1ccc(Br)nc1Cl)c1ccnc(Cl)c1. The Bertz CT molecular complexity index is 607. The van der Waals surface area contributed by atoms with Crippen LogP contribution in [0, 0.1) is 0 Å². The van der Waals surface area contributed by atoms with Crippen molar-refractivity contribution in [3.63, 3.8) is 0 Å². The van der Waals surface area contributed by atoms with Crippen LogP contribution in [-0.4, -0.2) is 15.9 Å². The van der Waals surface area contributed by atoms with Gasteiger partial charge in [0.1, 0.15) is 9.76 Å². The molecule has 92 valence electrons. The van der Waals surface area contributed by atoms with E-state index in [0.29, 0.717) is 15.9 Å². The predicted octanol–water partition coefficient (Wildman–Crippen LogP) is 3.80. The largest absolute Gasteiger partial charge is 0.319 e. The fourth-order valence-electron chi connectivity index (χ4n) is 1.24. The van der Waals surface area contributed by atoms with Crippen LogP contribution in [0.1, 0.15) is 10.4 Å². The minimum absolute atomic E-state index is 0.206. The van der Waals surface area contributed by atoms with Crippen molar-refractivity contribution in [2.45, 2.75) is 0 Å². The Morgan fingerprint density at radius 3 is 2.72 bits per heavy atom. The molecule has 0 saturated carbocycles. The van der Waals surface area contributed by atoms with Crippen molar-refractivity contribution in [2.24, 2.45) is 0 Å². The van der Waals surface area contributed by atoms with Gasteiger partial charge in [0, 0.05) is 11.8 Å². The molecule has 0 spiro atoms. The number of anilines is 1. The molecule has 0 fully saturated rings. The van der Waals surface area contributed by atoms with Gasteiger partial charge in [-0.2, -0.15) is 0 Å². The molecule has 0 aromatic carbocycles. The molecule has 0 radical (unpaired) electrons. The maximum absolute atomic E-state index is 11.9. The van der Waals surface area contributed by atoms with Crippen molar-refractivity contribution in [3.05, 3.63) is 50.9 Å². The van der Waals surface area contributed by atoms with E-state index in [4.69, 9.17) is 23.2 Å². The molecule has 1 amide bonds. The average Bonchev–Trinajstić information content (AvgIpc) is 2.32. The number of amides is 1. The second-order valence-corrected chi connectivity index (χ2v) is 4.85. The summed E-state index contributed by atoms with van der Waals surface area (Å²) < 4.78 is 0.595. The van der Waals surface area contributed by atoms with Crippen molar-refractivity contribution < 1.29 is 4.79 Å². The summed E-state index contributed by atoms with van der Waals surface area (Å²) in [6, 6.07) is 6.36. The van der Waals surface area contributed by atoms with E-state index < -0.39 is 0 Å². The van der Waals surface area contributed by atoms with Gasteiger partial charge >= 0.3 is 0 Å². The number of rotatable bonds is 2. The molecule has 0 bridgehead atoms. The van der Waals surface area contributed by atoms with Gasteiger partial charge in [-0.25, -0.2) is 9.97 Å². The Labute approximate surface area is 121 Å². The van der Waals surface area contributed by atoms with Crippen molar-refractivity contribution in [3.8, 4) is 0 Å². The zero-order chi connectivity index (χ0) is 13.1. The number of nitrogens with zero attached hydrogens (tertiary/aromatic N) is 2. The van der Waals surface area contributed by atoms with Gasteiger partial charge in [-0.1, -0.05) is 23.2 Å². The zero-order valence-electron chi connectivity index (χ0n) is 8.82. The molecule has 0 saturated heterocycles. The van der Waals surface area contributed by atoms with E-state index in [2.05, 4.69) is 31.2 Å². The van der Waals surface area contributed by atoms with Gasteiger partial charge in [0.05, 0.1) is 5.69 Å². The highest BCUT2D eigenvalue weighted by Crippen LogP contribution is 2.22. The highest BCUT2D eigenvalue weighted by Gasteiger charge is 2.10. The van der Waals surface area contributed by atoms with Crippen LogP contribution in [0.2, 0.25) is 10.3 Å². The predicted molar refractivity (Wildman–Crippen MR) is 74.1 cm³/mol. The van der Waals surface area contributed by atoms with Crippen LogP contribution in [0.25, 0.3) is 0 Å². The number of halogens is 3. The second-order valence-electron chi connectivity index (χ2n) is 3.29. The summed E-state index contributed by atoms with van der Waals surface area (Å²) in [5, 5.41) is 3.10. The Morgan fingerprint density at radius 1 is 1.28 bits per heavy atom. The van der Waals surface area contributed by atoms with Gasteiger partial charge in [0.2, 0.25) is 0 Å². The van der Waals surface area contributed by atoms with E-state index in [1.807, 2.05) is 0 Å². The summed E-state index contributed by atoms with van der Waals surface area (Å²) in [4.78, 5) is 19.7. The van der Waals surface area contributed by atoms with E-state index in [-0.39, 0.29) is 16.2 Å². The third-order valence-corrected chi connectivity index (χ3v) is 2.99. The Morgan fingerprint density at radius 2 is 2.06 bits per heavy atom. The number of carbonyl (C=O) groups excluding carboxylic acids is 1. The molecule has 2 aromatic rings. The van der Waals surface area contributed by atoms with Crippen LogP contribution in [0.5, 0.6) is 0 Å². The van der Waals surface area contributed by atoms with Gasteiger partial charge in [-0.15, -0.1) is 0 Å². The first kappa shape index (κ1) is 13.3. The van der Waals surface area contributed by atoms with Gasteiger partial charge in [-0.05, 0) is 40.2 Å². The Balaban J connectivity index is 2.21. The molecule has 0 unspecified atom stereocenters. The standard InChI is InChI=1S/C11H6BrCl2N3O/c12-8-2-1-7(10(14)17-8)16-11(18)6-3-4-15-9(13)5-6/h1-5H,(H,16,18). The first-order valence-corrected chi connectivity index (χ1v) is 6.36. The molecule has 2 rings (SSSR count). The maximum Gasteiger partial charge on any atom is 0.255 e. The third-order valence-electron chi connectivity index (χ3n) is 2.05. The molecule has 7 heteroatoms. The summed E-state index contributed by atoms with van der Waals surface area (Å²) in [7, 11) is 0. The topological polar surface area (TPSA) is 54.9 Å². The Kier molecular flexibility index (Phi) is 4.16. The number of aromatic nitrogens is 2. The molecule has 0 aliphatic heterocycles. The Hall–Kier alpha value is -1.17. The minimum Gasteiger partial charge on any atom is -0.319 e. The minimum atomic E-state index is -0.328. The number of hydrogen-bond acceptors (Lipinski definition) is 3. The molecule has 0 atom stereocenters. The lowest BCUT2D eigenvalue weighted by Crippen LogP contribution is -2.12. The van der Waals surface area contributed by atoms with Crippen LogP contribution in [0.3, 0.4) is 0 Å². The fraction of sp³-hybridized carbons (Fsp3) is 0. The second kappa shape index (κ2) is 5.65. The number of hydrogen-bond donors (Lipinski definition) is 1. The average molecular weight is 347 g/mol. The quantitative estimate of drug-likeness (QED) is 0.841. The van der Waals surface area contributed by atoms with Gasteiger partial charge in [-0.3, -0.25) is 4.79 Å². The fourth-order valence-corrected chi connectivity index (χ4v) is 2.03. The van der Waals surface area contributed by atoms with Crippen LogP contribution >= 0.6 is 39.1 Å². The van der Waals surface area contributed by atoms with Crippen LogP contribution < -0.4 is 5.32 Å². The van der Waals surface area contributed by atoms with Crippen molar-refractivity contribution >= 4 is 50.7 Å². The number of pyridine rings is 2. The smallest absolute Gasteiger partial charge is 0.255 e. The highest BCUT2D eigenvalue weighted by atomic mass is 79.9. The number of carbonyl (C=O) groups is 1. The maximum atomic E-state index is 11.9. The summed E-state index contributed by atoms with van der Waals surface area (Å²) in [6.07, 6.45) is 1.46. The van der Waals surface area contributed by atoms with Crippen molar-refractivity contribution in [2.75, 3.05) is 5.32 Å². The van der Waals surface area contributed by atoms with E-state index >= 15 is 0 Å². The molecule has 4 nitrogen and oxygen atoms in total. The van der Waals surface area contributed by atoms with E-state index in [1.54, 1.807) is 18.2 Å².